The smallest absolute Gasteiger partial charge is 0.0658 e. The Labute approximate surface area is 91.7 Å². The fraction of sp³-hybridized carbons (Fsp3) is 0.769. The molecule has 1 aromatic heterocycles. The van der Waals surface area contributed by atoms with E-state index in [9.17, 15) is 0 Å². The molecule has 1 unspecified atom stereocenters. The van der Waals surface area contributed by atoms with Crippen LogP contribution in [0.1, 0.15) is 75.2 Å². The van der Waals surface area contributed by atoms with E-state index in [4.69, 9.17) is 5.10 Å². The summed E-state index contributed by atoms with van der Waals surface area (Å²) in [5.74, 6) is 1.47. The Morgan fingerprint density at radius 2 is 2.13 bits per heavy atom. The van der Waals surface area contributed by atoms with Crippen LogP contribution in [0.25, 0.3) is 0 Å². The van der Waals surface area contributed by atoms with Crippen molar-refractivity contribution in [3.63, 3.8) is 0 Å². The molecule has 2 aliphatic rings. The van der Waals surface area contributed by atoms with Gasteiger partial charge >= 0.3 is 0 Å². The van der Waals surface area contributed by atoms with E-state index in [1.165, 1.54) is 43.5 Å². The largest absolute Gasteiger partial charge is 0.266 e. The molecule has 0 saturated heterocycles. The Balaban J connectivity index is 1.93. The molecule has 82 valence electrons. The first-order valence-electron chi connectivity index (χ1n) is 6.39. The highest BCUT2D eigenvalue weighted by atomic mass is 15.3. The van der Waals surface area contributed by atoms with Crippen LogP contribution in [0.3, 0.4) is 0 Å². The number of aromatic nitrogens is 2. The van der Waals surface area contributed by atoms with E-state index >= 15 is 0 Å². The molecule has 0 radical (unpaired) electrons. The first kappa shape index (κ1) is 9.44. The van der Waals surface area contributed by atoms with Crippen LogP contribution in [0.15, 0.2) is 6.07 Å². The van der Waals surface area contributed by atoms with E-state index < -0.39 is 0 Å². The van der Waals surface area contributed by atoms with Crippen molar-refractivity contribution in [2.75, 3.05) is 0 Å². The Hall–Kier alpha value is -0.790. The van der Waals surface area contributed by atoms with Crippen molar-refractivity contribution in [3.8, 4) is 0 Å². The van der Waals surface area contributed by atoms with Crippen LogP contribution in [0.2, 0.25) is 0 Å². The first-order chi connectivity index (χ1) is 7.29. The summed E-state index contributed by atoms with van der Waals surface area (Å²) in [7, 11) is 0. The van der Waals surface area contributed by atoms with Crippen molar-refractivity contribution >= 4 is 0 Å². The predicted molar refractivity (Wildman–Crippen MR) is 61.2 cm³/mol. The lowest BCUT2D eigenvalue weighted by Gasteiger charge is -2.10. The normalized spacial score (nSPS) is 23.1. The van der Waals surface area contributed by atoms with E-state index in [-0.39, 0.29) is 0 Å². The molecule has 0 N–H and O–H groups in total. The van der Waals surface area contributed by atoms with Gasteiger partial charge in [0.1, 0.15) is 0 Å². The van der Waals surface area contributed by atoms with E-state index in [0.717, 1.165) is 12.0 Å². The maximum atomic E-state index is 4.82. The van der Waals surface area contributed by atoms with Crippen LogP contribution in [-0.2, 0) is 0 Å². The fourth-order valence-electron chi connectivity index (χ4n) is 2.20. The van der Waals surface area contributed by atoms with Crippen molar-refractivity contribution in [2.45, 2.75) is 63.8 Å². The van der Waals surface area contributed by atoms with Gasteiger partial charge in [0.05, 0.1) is 11.7 Å². The summed E-state index contributed by atoms with van der Waals surface area (Å²) in [5.41, 5.74) is 2.86. The van der Waals surface area contributed by atoms with E-state index in [0.29, 0.717) is 5.92 Å². The molecule has 0 aliphatic heterocycles. The molecule has 1 aromatic rings. The second kappa shape index (κ2) is 3.36. The number of hydrogen-bond acceptors (Lipinski definition) is 1. The Morgan fingerprint density at radius 3 is 2.67 bits per heavy atom. The van der Waals surface area contributed by atoms with Crippen LogP contribution in [0, 0.1) is 0 Å². The lowest BCUT2D eigenvalue weighted by atomic mass is 10.0. The quantitative estimate of drug-likeness (QED) is 0.732. The second-order valence-electron chi connectivity index (χ2n) is 5.25. The zero-order chi connectivity index (χ0) is 10.4. The summed E-state index contributed by atoms with van der Waals surface area (Å²) in [4.78, 5) is 0. The highest BCUT2D eigenvalue weighted by molar-refractivity contribution is 5.22. The molecule has 2 fully saturated rings. The summed E-state index contributed by atoms with van der Waals surface area (Å²) in [6.07, 6.45) is 6.64. The maximum Gasteiger partial charge on any atom is 0.0658 e. The first-order valence-corrected chi connectivity index (χ1v) is 6.39. The number of rotatable bonds is 4. The third-order valence-corrected chi connectivity index (χ3v) is 3.79. The Kier molecular flexibility index (Phi) is 2.11. The summed E-state index contributed by atoms with van der Waals surface area (Å²) < 4.78 is 2.34. The van der Waals surface area contributed by atoms with E-state index in [2.05, 4.69) is 24.6 Å². The second-order valence-corrected chi connectivity index (χ2v) is 5.25. The molecule has 0 bridgehead atoms. The Bertz CT molecular complexity index is 359. The molecular formula is C13H20N2. The molecule has 15 heavy (non-hydrogen) atoms. The summed E-state index contributed by atoms with van der Waals surface area (Å²) in [5, 5.41) is 4.82. The van der Waals surface area contributed by atoms with Crippen LogP contribution < -0.4 is 0 Å². The van der Waals surface area contributed by atoms with Crippen molar-refractivity contribution < 1.29 is 0 Å². The molecule has 2 saturated carbocycles. The van der Waals surface area contributed by atoms with Crippen molar-refractivity contribution in [1.82, 2.24) is 9.78 Å². The van der Waals surface area contributed by atoms with Gasteiger partial charge in [-0.15, -0.1) is 0 Å². The van der Waals surface area contributed by atoms with Gasteiger partial charge in [-0.1, -0.05) is 13.8 Å². The zero-order valence-electron chi connectivity index (χ0n) is 9.74. The summed E-state index contributed by atoms with van der Waals surface area (Å²) >= 11 is 0. The maximum absolute atomic E-state index is 4.82. The van der Waals surface area contributed by atoms with Gasteiger partial charge in [-0.3, -0.25) is 4.68 Å². The number of hydrogen-bond donors (Lipinski definition) is 0. The molecule has 0 aromatic carbocycles. The fourth-order valence-corrected chi connectivity index (χ4v) is 2.20. The van der Waals surface area contributed by atoms with Crippen molar-refractivity contribution in [1.29, 1.82) is 0 Å². The molecular weight excluding hydrogens is 184 g/mol. The summed E-state index contributed by atoms with van der Waals surface area (Å²) in [6.45, 7) is 4.60. The zero-order valence-corrected chi connectivity index (χ0v) is 9.74. The molecule has 2 aliphatic carbocycles. The van der Waals surface area contributed by atoms with Crippen LogP contribution in [0.5, 0.6) is 0 Å². The van der Waals surface area contributed by atoms with Gasteiger partial charge in [0.2, 0.25) is 0 Å². The van der Waals surface area contributed by atoms with Gasteiger partial charge in [-0.25, -0.2) is 0 Å². The molecule has 2 nitrogen and oxygen atoms in total. The van der Waals surface area contributed by atoms with Gasteiger partial charge in [0.25, 0.3) is 0 Å². The standard InChI is InChI=1S/C13H20N2/c1-3-9(2)13-8-12(10-4-5-10)14-15(13)11-6-7-11/h8-11H,3-7H2,1-2H3. The van der Waals surface area contributed by atoms with Gasteiger partial charge in [-0.2, -0.15) is 5.10 Å². The lowest BCUT2D eigenvalue weighted by Crippen LogP contribution is -2.05. The minimum atomic E-state index is 0.672. The van der Waals surface area contributed by atoms with Crippen LogP contribution >= 0.6 is 0 Å². The minimum Gasteiger partial charge on any atom is -0.266 e. The lowest BCUT2D eigenvalue weighted by molar-refractivity contribution is 0.558. The molecule has 2 heteroatoms. The SMILES string of the molecule is CCC(C)c1cc(C2CC2)nn1C1CC1. The highest BCUT2D eigenvalue weighted by Gasteiger charge is 2.32. The third-order valence-electron chi connectivity index (χ3n) is 3.79. The minimum absolute atomic E-state index is 0.672. The van der Waals surface area contributed by atoms with Gasteiger partial charge < -0.3 is 0 Å². The molecule has 0 amide bonds. The van der Waals surface area contributed by atoms with Gasteiger partial charge in [-0.05, 0) is 44.1 Å². The van der Waals surface area contributed by atoms with Gasteiger partial charge in [0, 0.05) is 11.6 Å². The average Bonchev–Trinajstić information content (AvgIpc) is 3.15. The Morgan fingerprint density at radius 1 is 1.40 bits per heavy atom. The highest BCUT2D eigenvalue weighted by Crippen LogP contribution is 2.43. The van der Waals surface area contributed by atoms with Crippen molar-refractivity contribution in [3.05, 3.63) is 17.5 Å². The predicted octanol–water partition coefficient (Wildman–Crippen LogP) is 3.61. The van der Waals surface area contributed by atoms with E-state index in [1.54, 1.807) is 0 Å². The van der Waals surface area contributed by atoms with Gasteiger partial charge in [0.15, 0.2) is 0 Å². The molecule has 3 rings (SSSR count). The van der Waals surface area contributed by atoms with Crippen LogP contribution in [-0.4, -0.2) is 9.78 Å². The van der Waals surface area contributed by atoms with E-state index in [1.807, 2.05) is 0 Å². The van der Waals surface area contributed by atoms with Crippen molar-refractivity contribution in [2.24, 2.45) is 0 Å². The summed E-state index contributed by atoms with van der Waals surface area (Å²) in [6, 6.07) is 3.12. The third kappa shape index (κ3) is 1.70. The van der Waals surface area contributed by atoms with Crippen LogP contribution in [0.4, 0.5) is 0 Å². The molecule has 1 heterocycles. The average molecular weight is 204 g/mol. The molecule has 1 atom stereocenters. The molecule has 0 spiro atoms. The monoisotopic (exact) mass is 204 g/mol. The topological polar surface area (TPSA) is 17.8 Å². The number of nitrogens with zero attached hydrogens (tertiary/aromatic N) is 2.